The highest BCUT2D eigenvalue weighted by Crippen LogP contribution is 2.29. The summed E-state index contributed by atoms with van der Waals surface area (Å²) >= 11 is 0. The Balaban J connectivity index is 1.95. The molecule has 2 fully saturated rings. The number of piperidine rings is 1. The first-order valence-corrected chi connectivity index (χ1v) is 8.06. The first kappa shape index (κ1) is 15.2. The molecule has 0 unspecified atom stereocenters. The fourth-order valence-electron chi connectivity index (χ4n) is 3.68. The summed E-state index contributed by atoms with van der Waals surface area (Å²) in [6.45, 7) is 11.7. The molecule has 0 amide bonds. The van der Waals surface area contributed by atoms with Crippen LogP contribution in [0.4, 0.5) is 0 Å². The number of hydrogen-bond donors (Lipinski definition) is 1. The number of hydrogen-bond acceptors (Lipinski definition) is 4. The number of rotatable bonds is 4. The zero-order valence-corrected chi connectivity index (χ0v) is 12.9. The van der Waals surface area contributed by atoms with Crippen molar-refractivity contribution in [2.75, 3.05) is 59.4 Å². The highest BCUT2D eigenvalue weighted by Gasteiger charge is 2.38. The minimum Gasteiger partial charge on any atom is -0.329 e. The SMILES string of the molecule is CCCN1CCC(CN)(N2CCCN(C)CC2)CC1. The lowest BCUT2D eigenvalue weighted by Crippen LogP contribution is -2.60. The van der Waals surface area contributed by atoms with Gasteiger partial charge in [-0.25, -0.2) is 0 Å². The second-order valence-electron chi connectivity index (χ2n) is 6.41. The third-order valence-corrected chi connectivity index (χ3v) is 5.10. The fourth-order valence-corrected chi connectivity index (χ4v) is 3.68. The molecule has 19 heavy (non-hydrogen) atoms. The van der Waals surface area contributed by atoms with Gasteiger partial charge in [0.25, 0.3) is 0 Å². The highest BCUT2D eigenvalue weighted by atomic mass is 15.3. The molecule has 0 spiro atoms. The monoisotopic (exact) mass is 268 g/mol. The van der Waals surface area contributed by atoms with E-state index < -0.39 is 0 Å². The summed E-state index contributed by atoms with van der Waals surface area (Å²) in [4.78, 5) is 7.77. The van der Waals surface area contributed by atoms with Crippen molar-refractivity contribution >= 4 is 0 Å². The van der Waals surface area contributed by atoms with E-state index in [1.807, 2.05) is 0 Å². The van der Waals surface area contributed by atoms with Crippen LogP contribution in [0.15, 0.2) is 0 Å². The van der Waals surface area contributed by atoms with Crippen molar-refractivity contribution in [2.24, 2.45) is 5.73 Å². The fraction of sp³-hybridized carbons (Fsp3) is 1.00. The van der Waals surface area contributed by atoms with Crippen LogP contribution in [0.2, 0.25) is 0 Å². The molecule has 2 aliphatic heterocycles. The van der Waals surface area contributed by atoms with Gasteiger partial charge in [-0.15, -0.1) is 0 Å². The standard InChI is InChI=1S/C15H32N4/c1-3-7-18-10-5-15(14-16,6-11-18)19-9-4-8-17(2)12-13-19/h3-14,16H2,1-2H3. The van der Waals surface area contributed by atoms with E-state index in [0.29, 0.717) is 0 Å². The van der Waals surface area contributed by atoms with Crippen LogP contribution in [0.25, 0.3) is 0 Å². The first-order chi connectivity index (χ1) is 9.20. The van der Waals surface area contributed by atoms with Crippen LogP contribution in [-0.4, -0.2) is 79.6 Å². The summed E-state index contributed by atoms with van der Waals surface area (Å²) in [6, 6.07) is 0. The Morgan fingerprint density at radius 3 is 2.37 bits per heavy atom. The Hall–Kier alpha value is -0.160. The largest absolute Gasteiger partial charge is 0.329 e. The van der Waals surface area contributed by atoms with Crippen molar-refractivity contribution in [3.05, 3.63) is 0 Å². The lowest BCUT2D eigenvalue weighted by molar-refractivity contribution is 0.0297. The third kappa shape index (κ3) is 3.69. The van der Waals surface area contributed by atoms with Gasteiger partial charge in [-0.1, -0.05) is 6.92 Å². The van der Waals surface area contributed by atoms with E-state index in [-0.39, 0.29) is 5.54 Å². The van der Waals surface area contributed by atoms with Crippen LogP contribution < -0.4 is 5.73 Å². The molecule has 2 rings (SSSR count). The predicted molar refractivity (Wildman–Crippen MR) is 81.4 cm³/mol. The summed E-state index contributed by atoms with van der Waals surface area (Å²) in [5, 5.41) is 0. The molecule has 0 radical (unpaired) electrons. The number of likely N-dealkylation sites (N-methyl/N-ethyl adjacent to an activating group) is 1. The summed E-state index contributed by atoms with van der Waals surface area (Å²) in [5.74, 6) is 0. The molecular formula is C15H32N4. The van der Waals surface area contributed by atoms with E-state index in [2.05, 4.69) is 28.7 Å². The molecule has 0 bridgehead atoms. The zero-order chi connectivity index (χ0) is 13.7. The summed E-state index contributed by atoms with van der Waals surface area (Å²) in [6.07, 6.45) is 5.07. The highest BCUT2D eigenvalue weighted by molar-refractivity contribution is 4.97. The van der Waals surface area contributed by atoms with Gasteiger partial charge in [-0.05, 0) is 58.9 Å². The van der Waals surface area contributed by atoms with Crippen LogP contribution in [0.3, 0.4) is 0 Å². The molecule has 112 valence electrons. The molecule has 4 heteroatoms. The third-order valence-electron chi connectivity index (χ3n) is 5.10. The normalized spacial score (nSPS) is 27.3. The van der Waals surface area contributed by atoms with Crippen LogP contribution in [-0.2, 0) is 0 Å². The number of likely N-dealkylation sites (tertiary alicyclic amines) is 1. The molecule has 2 heterocycles. The van der Waals surface area contributed by atoms with Gasteiger partial charge in [0, 0.05) is 31.7 Å². The molecule has 0 atom stereocenters. The molecule has 4 nitrogen and oxygen atoms in total. The maximum atomic E-state index is 6.20. The van der Waals surface area contributed by atoms with Gasteiger partial charge in [-0.2, -0.15) is 0 Å². The molecule has 0 saturated carbocycles. The molecular weight excluding hydrogens is 236 g/mol. The summed E-state index contributed by atoms with van der Waals surface area (Å²) < 4.78 is 0. The topological polar surface area (TPSA) is 35.7 Å². The second-order valence-corrected chi connectivity index (χ2v) is 6.41. The van der Waals surface area contributed by atoms with Crippen LogP contribution in [0.5, 0.6) is 0 Å². The average molecular weight is 268 g/mol. The quantitative estimate of drug-likeness (QED) is 0.819. The van der Waals surface area contributed by atoms with Crippen molar-refractivity contribution in [1.29, 1.82) is 0 Å². The molecule has 2 N–H and O–H groups in total. The van der Waals surface area contributed by atoms with Gasteiger partial charge < -0.3 is 15.5 Å². The molecule has 2 aliphatic rings. The Morgan fingerprint density at radius 1 is 1.00 bits per heavy atom. The Kier molecular flexibility index (Phi) is 5.63. The second kappa shape index (κ2) is 7.02. The van der Waals surface area contributed by atoms with E-state index in [0.717, 1.165) is 6.54 Å². The molecule has 0 aromatic carbocycles. The minimum atomic E-state index is 0.287. The van der Waals surface area contributed by atoms with E-state index in [9.17, 15) is 0 Å². The van der Waals surface area contributed by atoms with Gasteiger partial charge in [0.2, 0.25) is 0 Å². The van der Waals surface area contributed by atoms with Crippen molar-refractivity contribution in [3.8, 4) is 0 Å². The van der Waals surface area contributed by atoms with E-state index in [1.165, 1.54) is 71.5 Å². The molecule has 0 aromatic rings. The number of nitrogens with two attached hydrogens (primary N) is 1. The maximum Gasteiger partial charge on any atom is 0.0356 e. The lowest BCUT2D eigenvalue weighted by atomic mass is 9.85. The zero-order valence-electron chi connectivity index (χ0n) is 12.9. The smallest absolute Gasteiger partial charge is 0.0356 e. The minimum absolute atomic E-state index is 0.287. The van der Waals surface area contributed by atoms with Crippen molar-refractivity contribution in [3.63, 3.8) is 0 Å². The van der Waals surface area contributed by atoms with Crippen molar-refractivity contribution < 1.29 is 0 Å². The average Bonchev–Trinajstić information content (AvgIpc) is 2.66. The summed E-state index contributed by atoms with van der Waals surface area (Å²) in [5.41, 5.74) is 6.49. The first-order valence-electron chi connectivity index (χ1n) is 8.06. The Morgan fingerprint density at radius 2 is 1.74 bits per heavy atom. The Bertz CT molecular complexity index is 261. The van der Waals surface area contributed by atoms with Crippen LogP contribution in [0.1, 0.15) is 32.6 Å². The van der Waals surface area contributed by atoms with Gasteiger partial charge >= 0.3 is 0 Å². The molecule has 0 aliphatic carbocycles. The van der Waals surface area contributed by atoms with Crippen molar-refractivity contribution in [1.82, 2.24) is 14.7 Å². The Labute approximate surface area is 118 Å². The number of nitrogens with zero attached hydrogens (tertiary/aromatic N) is 3. The lowest BCUT2D eigenvalue weighted by Gasteiger charge is -2.48. The van der Waals surface area contributed by atoms with E-state index >= 15 is 0 Å². The van der Waals surface area contributed by atoms with E-state index in [4.69, 9.17) is 5.73 Å². The van der Waals surface area contributed by atoms with Gasteiger partial charge in [0.1, 0.15) is 0 Å². The van der Waals surface area contributed by atoms with Gasteiger partial charge in [-0.3, -0.25) is 4.90 Å². The maximum absolute atomic E-state index is 6.20. The predicted octanol–water partition coefficient (Wildman–Crippen LogP) is 0.827. The van der Waals surface area contributed by atoms with Crippen LogP contribution in [0, 0.1) is 0 Å². The molecule has 0 aromatic heterocycles. The molecule has 2 saturated heterocycles. The van der Waals surface area contributed by atoms with E-state index in [1.54, 1.807) is 0 Å². The van der Waals surface area contributed by atoms with Gasteiger partial charge in [0.05, 0.1) is 0 Å². The summed E-state index contributed by atoms with van der Waals surface area (Å²) in [7, 11) is 2.24. The van der Waals surface area contributed by atoms with Crippen molar-refractivity contribution in [2.45, 2.75) is 38.1 Å². The van der Waals surface area contributed by atoms with Crippen LogP contribution >= 0.6 is 0 Å². The van der Waals surface area contributed by atoms with Gasteiger partial charge in [0.15, 0.2) is 0 Å².